The molecule has 0 saturated carbocycles. The van der Waals surface area contributed by atoms with Gasteiger partial charge in [-0.15, -0.1) is 0 Å². The van der Waals surface area contributed by atoms with E-state index >= 15 is 0 Å². The Morgan fingerprint density at radius 1 is 1.21 bits per heavy atom. The van der Waals surface area contributed by atoms with Gasteiger partial charge in [-0.1, -0.05) is 41.9 Å². The second kappa shape index (κ2) is 10.4. The molecule has 1 aliphatic rings. The van der Waals surface area contributed by atoms with Gasteiger partial charge in [0.15, 0.2) is 4.90 Å². The first kappa shape index (κ1) is 25.4. The number of carbonyl (C=O) groups is 2. The van der Waals surface area contributed by atoms with Crippen molar-refractivity contribution in [2.75, 3.05) is 19.6 Å². The van der Waals surface area contributed by atoms with E-state index in [1.165, 1.54) is 21.9 Å². The Morgan fingerprint density at radius 2 is 1.85 bits per heavy atom. The molecule has 3 rings (SSSR count). The minimum absolute atomic E-state index is 0.0668. The van der Waals surface area contributed by atoms with Crippen LogP contribution in [0.15, 0.2) is 53.4 Å². The fraction of sp³-hybridized carbons (Fsp3) is 0.333. The summed E-state index contributed by atoms with van der Waals surface area (Å²) >= 11 is 6.23. The maximum atomic E-state index is 13.4. The van der Waals surface area contributed by atoms with Gasteiger partial charge in [0.25, 0.3) is 5.69 Å². The second-order valence-corrected chi connectivity index (χ2v) is 9.89. The van der Waals surface area contributed by atoms with Gasteiger partial charge >= 0.3 is 6.09 Å². The number of piperazine rings is 1. The summed E-state index contributed by atoms with van der Waals surface area (Å²) in [6.45, 7) is 1.85. The zero-order valence-corrected chi connectivity index (χ0v) is 19.7. The summed E-state index contributed by atoms with van der Waals surface area (Å²) in [6.07, 6.45) is -1.21. The van der Waals surface area contributed by atoms with Crippen molar-refractivity contribution >= 4 is 39.3 Å². The molecule has 0 aliphatic carbocycles. The summed E-state index contributed by atoms with van der Waals surface area (Å²) in [6, 6.07) is 9.63. The number of nitro benzene ring substituents is 1. The molecular formula is C21H23ClN4O7S. The number of nitrogens with zero attached hydrogens (tertiary/aromatic N) is 3. The lowest BCUT2D eigenvalue weighted by atomic mass is 10.0. The number of benzene rings is 2. The van der Waals surface area contributed by atoms with E-state index in [0.29, 0.717) is 10.6 Å². The number of carbonyl (C=O) groups excluding carboxylic acids is 1. The zero-order chi connectivity index (χ0) is 25.0. The van der Waals surface area contributed by atoms with Gasteiger partial charge in [-0.3, -0.25) is 14.9 Å². The topological polar surface area (TPSA) is 150 Å². The van der Waals surface area contributed by atoms with Gasteiger partial charge in [-0.25, -0.2) is 13.2 Å². The third-order valence-electron chi connectivity index (χ3n) is 5.51. The highest BCUT2D eigenvalue weighted by molar-refractivity contribution is 7.89. The Labute approximate surface area is 201 Å². The van der Waals surface area contributed by atoms with Gasteiger partial charge in [-0.2, -0.15) is 4.72 Å². The van der Waals surface area contributed by atoms with Crippen LogP contribution in [0.3, 0.4) is 0 Å². The number of carboxylic acid groups (broad SMARTS) is 1. The molecule has 13 heteroatoms. The van der Waals surface area contributed by atoms with Crippen molar-refractivity contribution in [2.24, 2.45) is 0 Å². The van der Waals surface area contributed by atoms with Crippen molar-refractivity contribution in [3.63, 3.8) is 0 Å². The lowest BCUT2D eigenvalue weighted by Gasteiger charge is -2.39. The highest BCUT2D eigenvalue weighted by atomic mass is 35.5. The molecule has 2 atom stereocenters. The van der Waals surface area contributed by atoms with Crippen LogP contribution < -0.4 is 4.72 Å². The second-order valence-electron chi connectivity index (χ2n) is 7.80. The van der Waals surface area contributed by atoms with E-state index in [9.17, 15) is 33.2 Å². The Hall–Kier alpha value is -3.22. The van der Waals surface area contributed by atoms with Crippen LogP contribution in [-0.4, -0.2) is 72.0 Å². The van der Waals surface area contributed by atoms with Gasteiger partial charge in [0, 0.05) is 36.8 Å². The molecule has 2 aromatic carbocycles. The fourth-order valence-electron chi connectivity index (χ4n) is 3.81. The van der Waals surface area contributed by atoms with Crippen molar-refractivity contribution in [1.82, 2.24) is 14.5 Å². The molecule has 1 saturated heterocycles. The number of amides is 2. The predicted molar refractivity (Wildman–Crippen MR) is 123 cm³/mol. The fourth-order valence-corrected chi connectivity index (χ4v) is 5.39. The first-order valence-electron chi connectivity index (χ1n) is 10.3. The maximum absolute atomic E-state index is 13.4. The molecule has 0 aromatic heterocycles. The van der Waals surface area contributed by atoms with E-state index < -0.39 is 49.6 Å². The first-order valence-corrected chi connectivity index (χ1v) is 12.1. The predicted octanol–water partition coefficient (Wildman–Crippen LogP) is 2.35. The molecule has 2 N–H and O–H groups in total. The number of sulfonamides is 1. The molecule has 1 aliphatic heterocycles. The van der Waals surface area contributed by atoms with E-state index in [1.807, 2.05) is 0 Å². The number of para-hydroxylation sites is 1. The lowest BCUT2D eigenvalue weighted by Crippen LogP contribution is -2.59. The van der Waals surface area contributed by atoms with Crippen molar-refractivity contribution in [1.29, 1.82) is 0 Å². The smallest absolute Gasteiger partial charge is 0.407 e. The number of nitrogens with one attached hydrogen (secondary N) is 1. The average Bonchev–Trinajstić information content (AvgIpc) is 2.79. The molecular weight excluding hydrogens is 488 g/mol. The normalized spacial score (nSPS) is 17.3. The van der Waals surface area contributed by atoms with Gasteiger partial charge in [0.1, 0.15) is 6.04 Å². The first-order chi connectivity index (χ1) is 16.0. The minimum atomic E-state index is -4.48. The average molecular weight is 511 g/mol. The Kier molecular flexibility index (Phi) is 7.75. The van der Waals surface area contributed by atoms with Crippen LogP contribution >= 0.6 is 11.6 Å². The van der Waals surface area contributed by atoms with Crippen molar-refractivity contribution in [3.8, 4) is 0 Å². The van der Waals surface area contributed by atoms with Gasteiger partial charge < -0.3 is 14.9 Å². The van der Waals surface area contributed by atoms with Crippen molar-refractivity contribution < 1.29 is 28.0 Å². The molecule has 2 amide bonds. The van der Waals surface area contributed by atoms with Crippen LogP contribution in [0.4, 0.5) is 10.5 Å². The van der Waals surface area contributed by atoms with Crippen LogP contribution in [0.1, 0.15) is 12.5 Å². The van der Waals surface area contributed by atoms with Crippen LogP contribution in [0.25, 0.3) is 0 Å². The highest BCUT2D eigenvalue weighted by Crippen LogP contribution is 2.25. The van der Waals surface area contributed by atoms with Gasteiger partial charge in [0.2, 0.25) is 15.9 Å². The summed E-state index contributed by atoms with van der Waals surface area (Å²) in [5, 5.41) is 21.0. The molecule has 0 bridgehead atoms. The lowest BCUT2D eigenvalue weighted by molar-refractivity contribution is -0.387. The molecule has 1 unspecified atom stereocenters. The van der Waals surface area contributed by atoms with Crippen LogP contribution in [0.2, 0.25) is 5.02 Å². The van der Waals surface area contributed by atoms with Gasteiger partial charge in [0.05, 0.1) is 4.92 Å². The maximum Gasteiger partial charge on any atom is 0.407 e. The summed E-state index contributed by atoms with van der Waals surface area (Å²) in [5.41, 5.74) is -0.118. The Bertz CT molecular complexity index is 1210. The van der Waals surface area contributed by atoms with Crippen LogP contribution in [0.5, 0.6) is 0 Å². The molecule has 1 fully saturated rings. The van der Waals surface area contributed by atoms with Crippen LogP contribution in [-0.2, 0) is 21.2 Å². The monoisotopic (exact) mass is 510 g/mol. The number of hydrogen-bond donors (Lipinski definition) is 2. The standard InChI is InChI=1S/C21H23ClN4O7S/c1-14-13-24(10-11-25(14)21(28)29)20(27)17(12-15-6-2-3-7-16(15)22)23-34(32,33)19-9-5-4-8-18(19)26(30)31/h2-9,14,17,23H,10-13H2,1H3,(H,28,29)/t14-,17?/m0/s1. The molecule has 34 heavy (non-hydrogen) atoms. The summed E-state index contributed by atoms with van der Waals surface area (Å²) in [7, 11) is -4.48. The summed E-state index contributed by atoms with van der Waals surface area (Å²) in [4.78, 5) is 37.3. The van der Waals surface area contributed by atoms with Crippen LogP contribution in [0, 0.1) is 10.1 Å². The largest absolute Gasteiger partial charge is 0.465 e. The molecule has 0 spiro atoms. The van der Waals surface area contributed by atoms with Crippen molar-refractivity contribution in [3.05, 3.63) is 69.2 Å². The summed E-state index contributed by atoms with van der Waals surface area (Å²) in [5.74, 6) is -0.584. The molecule has 182 valence electrons. The molecule has 0 radical (unpaired) electrons. The minimum Gasteiger partial charge on any atom is -0.465 e. The van der Waals surface area contributed by atoms with E-state index in [2.05, 4.69) is 4.72 Å². The molecule has 1 heterocycles. The highest BCUT2D eigenvalue weighted by Gasteiger charge is 2.36. The number of nitro groups is 1. The van der Waals surface area contributed by atoms with E-state index in [1.54, 1.807) is 31.2 Å². The third-order valence-corrected chi connectivity index (χ3v) is 7.40. The number of halogens is 1. The van der Waals surface area contributed by atoms with E-state index in [4.69, 9.17) is 11.6 Å². The van der Waals surface area contributed by atoms with Crippen molar-refractivity contribution in [2.45, 2.75) is 30.3 Å². The zero-order valence-electron chi connectivity index (χ0n) is 18.1. The third kappa shape index (κ3) is 5.64. The van der Waals surface area contributed by atoms with E-state index in [-0.39, 0.29) is 26.1 Å². The quantitative estimate of drug-likeness (QED) is 0.428. The molecule has 11 nitrogen and oxygen atoms in total. The summed E-state index contributed by atoms with van der Waals surface area (Å²) < 4.78 is 28.6. The Balaban J connectivity index is 1.93. The molecule has 2 aromatic rings. The number of rotatable bonds is 7. The SMILES string of the molecule is C[C@H]1CN(C(=O)C(Cc2ccccc2Cl)NS(=O)(=O)c2ccccc2[N+](=O)[O-])CCN1C(=O)O. The number of hydrogen-bond acceptors (Lipinski definition) is 6. The van der Waals surface area contributed by atoms with E-state index in [0.717, 1.165) is 12.1 Å². The van der Waals surface area contributed by atoms with Gasteiger partial charge in [-0.05, 0) is 31.0 Å². The Morgan fingerprint density at radius 3 is 2.47 bits per heavy atom.